The van der Waals surface area contributed by atoms with Crippen molar-refractivity contribution in [3.8, 4) is 27.6 Å². The second kappa shape index (κ2) is 10.1. The standard InChI is InChI=1S/C23H26N4O2S3/c1-14-5-4-8-27(11-14)20(28)12-29-16-7-3-6-15(9-16)18-13-31-22(26-18)17-10-19(21(24)25)32-23(17)30-2/h3,6-7,9-10,13-14H,4-5,8,11-12H2,1-2H3,(H3,24,25). The van der Waals surface area contributed by atoms with Gasteiger partial charge in [-0.3, -0.25) is 10.2 Å². The Balaban J connectivity index is 1.47. The molecule has 0 spiro atoms. The Bertz CT molecular complexity index is 1120. The average molecular weight is 487 g/mol. The predicted molar refractivity (Wildman–Crippen MR) is 134 cm³/mol. The van der Waals surface area contributed by atoms with Crippen molar-refractivity contribution in [1.29, 1.82) is 5.41 Å². The molecular formula is C23H26N4O2S3. The van der Waals surface area contributed by atoms with Gasteiger partial charge in [0.25, 0.3) is 5.91 Å². The van der Waals surface area contributed by atoms with Gasteiger partial charge in [0.15, 0.2) is 6.61 Å². The zero-order valence-corrected chi connectivity index (χ0v) is 20.5. The fourth-order valence-corrected chi connectivity index (χ4v) is 6.45. The molecule has 1 amide bonds. The van der Waals surface area contributed by atoms with Crippen molar-refractivity contribution < 1.29 is 9.53 Å². The molecule has 0 saturated carbocycles. The molecule has 3 aromatic rings. The maximum Gasteiger partial charge on any atom is 0.260 e. The molecule has 32 heavy (non-hydrogen) atoms. The molecule has 1 aliphatic rings. The average Bonchev–Trinajstić information content (AvgIpc) is 3.45. The molecule has 0 bridgehead atoms. The maximum absolute atomic E-state index is 12.5. The van der Waals surface area contributed by atoms with Gasteiger partial charge in [0.05, 0.1) is 14.8 Å². The Labute approximate surface area is 200 Å². The number of nitrogens with two attached hydrogens (primary N) is 1. The number of nitrogens with zero attached hydrogens (tertiary/aromatic N) is 2. The van der Waals surface area contributed by atoms with Gasteiger partial charge in [-0.15, -0.1) is 34.4 Å². The molecule has 3 heterocycles. The number of thioether (sulfide) groups is 1. The number of thiophene rings is 1. The van der Waals surface area contributed by atoms with E-state index in [2.05, 4.69) is 6.92 Å². The Kier molecular flexibility index (Phi) is 7.17. The van der Waals surface area contributed by atoms with Gasteiger partial charge < -0.3 is 15.4 Å². The van der Waals surface area contributed by atoms with E-state index in [1.807, 2.05) is 46.9 Å². The molecule has 0 aliphatic carbocycles. The van der Waals surface area contributed by atoms with Gasteiger partial charge in [-0.25, -0.2) is 4.98 Å². The first kappa shape index (κ1) is 22.8. The van der Waals surface area contributed by atoms with Crippen molar-refractivity contribution in [1.82, 2.24) is 9.88 Å². The number of piperidine rings is 1. The number of amides is 1. The van der Waals surface area contributed by atoms with Crippen molar-refractivity contribution in [3.05, 3.63) is 40.6 Å². The maximum atomic E-state index is 12.5. The highest BCUT2D eigenvalue weighted by Crippen LogP contribution is 2.40. The van der Waals surface area contributed by atoms with Crippen LogP contribution in [0.1, 0.15) is 24.6 Å². The largest absolute Gasteiger partial charge is 0.484 e. The van der Waals surface area contributed by atoms with Crippen LogP contribution in [0, 0.1) is 11.3 Å². The number of rotatable bonds is 7. The summed E-state index contributed by atoms with van der Waals surface area (Å²) < 4.78 is 6.92. The smallest absolute Gasteiger partial charge is 0.260 e. The van der Waals surface area contributed by atoms with Crippen molar-refractivity contribution in [2.45, 2.75) is 24.0 Å². The fourth-order valence-electron chi connectivity index (χ4n) is 3.74. The lowest BCUT2D eigenvalue weighted by atomic mass is 10.0. The van der Waals surface area contributed by atoms with Crippen LogP contribution in [0.3, 0.4) is 0 Å². The van der Waals surface area contributed by atoms with Crippen LogP contribution in [0.5, 0.6) is 5.75 Å². The van der Waals surface area contributed by atoms with Crippen molar-refractivity contribution in [2.24, 2.45) is 11.7 Å². The number of carbonyl (C=O) groups is 1. The third kappa shape index (κ3) is 5.16. The number of nitrogen functional groups attached to an aromatic ring is 1. The zero-order valence-electron chi connectivity index (χ0n) is 18.1. The van der Waals surface area contributed by atoms with Crippen LogP contribution >= 0.6 is 34.4 Å². The molecule has 1 fully saturated rings. The van der Waals surface area contributed by atoms with E-state index in [0.29, 0.717) is 11.7 Å². The lowest BCUT2D eigenvalue weighted by Gasteiger charge is -2.30. The molecule has 9 heteroatoms. The third-order valence-electron chi connectivity index (χ3n) is 5.39. The van der Waals surface area contributed by atoms with Gasteiger partial charge in [-0.1, -0.05) is 19.1 Å². The number of benzene rings is 1. The van der Waals surface area contributed by atoms with Gasteiger partial charge in [0.1, 0.15) is 16.6 Å². The van der Waals surface area contributed by atoms with E-state index in [1.165, 1.54) is 17.8 Å². The lowest BCUT2D eigenvalue weighted by Crippen LogP contribution is -2.41. The molecule has 1 atom stereocenters. The topological polar surface area (TPSA) is 92.3 Å². The summed E-state index contributed by atoms with van der Waals surface area (Å²) >= 11 is 4.71. The molecule has 2 aromatic heterocycles. The molecule has 3 N–H and O–H groups in total. The van der Waals surface area contributed by atoms with Crippen LogP contribution in [-0.2, 0) is 4.79 Å². The normalized spacial score (nSPS) is 16.2. The summed E-state index contributed by atoms with van der Waals surface area (Å²) in [4.78, 5) is 20.0. The highest BCUT2D eigenvalue weighted by Gasteiger charge is 2.21. The molecule has 0 radical (unpaired) electrons. The Morgan fingerprint density at radius 3 is 3.00 bits per heavy atom. The second-order valence-corrected chi connectivity index (χ2v) is 10.9. The van der Waals surface area contributed by atoms with E-state index in [-0.39, 0.29) is 18.3 Å². The minimum absolute atomic E-state index is 0.0428. The predicted octanol–water partition coefficient (Wildman–Crippen LogP) is 5.18. The highest BCUT2D eigenvalue weighted by molar-refractivity contribution is 8.00. The number of carbonyl (C=O) groups excluding carboxylic acids is 1. The van der Waals surface area contributed by atoms with E-state index in [0.717, 1.165) is 50.4 Å². The van der Waals surface area contributed by atoms with E-state index < -0.39 is 0 Å². The summed E-state index contributed by atoms with van der Waals surface area (Å²) in [5.41, 5.74) is 8.48. The highest BCUT2D eigenvalue weighted by atomic mass is 32.2. The summed E-state index contributed by atoms with van der Waals surface area (Å²) in [6.07, 6.45) is 4.26. The SMILES string of the molecule is CSc1sc(C(=N)N)cc1-c1nc(-c2cccc(OCC(=O)N3CCCC(C)C3)c2)cs1. The van der Waals surface area contributed by atoms with Crippen molar-refractivity contribution in [3.63, 3.8) is 0 Å². The molecule has 4 rings (SSSR count). The summed E-state index contributed by atoms with van der Waals surface area (Å²) in [7, 11) is 0. The number of hydrogen-bond donors (Lipinski definition) is 2. The zero-order chi connectivity index (χ0) is 22.7. The monoisotopic (exact) mass is 486 g/mol. The molecule has 1 saturated heterocycles. The number of thiazole rings is 1. The van der Waals surface area contributed by atoms with Crippen LogP contribution in [0.2, 0.25) is 0 Å². The van der Waals surface area contributed by atoms with E-state index >= 15 is 0 Å². The first-order chi connectivity index (χ1) is 15.4. The van der Waals surface area contributed by atoms with Crippen LogP contribution in [0.15, 0.2) is 39.9 Å². The third-order valence-corrected chi connectivity index (χ3v) is 8.56. The minimum atomic E-state index is 0.0428. The molecule has 6 nitrogen and oxygen atoms in total. The van der Waals surface area contributed by atoms with Crippen LogP contribution < -0.4 is 10.5 Å². The summed E-state index contributed by atoms with van der Waals surface area (Å²) in [6, 6.07) is 9.64. The first-order valence-corrected chi connectivity index (χ1v) is 13.4. The Morgan fingerprint density at radius 1 is 1.41 bits per heavy atom. The van der Waals surface area contributed by atoms with Gasteiger partial charge in [0.2, 0.25) is 0 Å². The number of nitrogens with one attached hydrogen (secondary N) is 1. The van der Waals surface area contributed by atoms with E-state index in [1.54, 1.807) is 23.1 Å². The number of hydrogen-bond acceptors (Lipinski definition) is 7. The second-order valence-electron chi connectivity index (χ2n) is 7.87. The van der Waals surface area contributed by atoms with E-state index in [4.69, 9.17) is 20.9 Å². The van der Waals surface area contributed by atoms with Crippen LogP contribution in [0.25, 0.3) is 21.8 Å². The number of likely N-dealkylation sites (tertiary alicyclic amines) is 1. The van der Waals surface area contributed by atoms with Gasteiger partial charge in [-0.05, 0) is 43.2 Å². The van der Waals surface area contributed by atoms with Crippen LogP contribution in [-0.4, -0.2) is 47.6 Å². The molecular weight excluding hydrogens is 460 g/mol. The quantitative estimate of drug-likeness (QED) is 0.273. The molecule has 1 unspecified atom stereocenters. The van der Waals surface area contributed by atoms with Gasteiger partial charge in [-0.2, -0.15) is 0 Å². The van der Waals surface area contributed by atoms with Crippen LogP contribution in [0.4, 0.5) is 0 Å². The number of aromatic nitrogens is 1. The van der Waals surface area contributed by atoms with Gasteiger partial charge >= 0.3 is 0 Å². The van der Waals surface area contributed by atoms with Crippen molar-refractivity contribution in [2.75, 3.05) is 26.0 Å². The summed E-state index contributed by atoms with van der Waals surface area (Å²) in [6.45, 7) is 3.87. The molecule has 1 aromatic carbocycles. The number of amidine groups is 1. The molecule has 168 valence electrons. The first-order valence-electron chi connectivity index (χ1n) is 10.4. The Morgan fingerprint density at radius 2 is 2.25 bits per heavy atom. The van der Waals surface area contributed by atoms with Gasteiger partial charge in [0, 0.05) is 29.6 Å². The summed E-state index contributed by atoms with van der Waals surface area (Å²) in [5.74, 6) is 1.33. The minimum Gasteiger partial charge on any atom is -0.484 e. The molecule has 1 aliphatic heterocycles. The lowest BCUT2D eigenvalue weighted by molar-refractivity contribution is -0.135. The summed E-state index contributed by atoms with van der Waals surface area (Å²) in [5, 5.41) is 10.6. The fraction of sp³-hybridized carbons (Fsp3) is 0.348. The van der Waals surface area contributed by atoms with Crippen molar-refractivity contribution >= 4 is 46.2 Å². The van der Waals surface area contributed by atoms with E-state index in [9.17, 15) is 4.79 Å². The number of ether oxygens (including phenoxy) is 1. The Hall–Kier alpha value is -2.36.